The van der Waals surface area contributed by atoms with Gasteiger partial charge in [0.1, 0.15) is 12.0 Å². The van der Waals surface area contributed by atoms with E-state index in [0.717, 1.165) is 11.3 Å². The molecule has 0 saturated heterocycles. The van der Waals surface area contributed by atoms with E-state index in [1.165, 1.54) is 5.56 Å². The van der Waals surface area contributed by atoms with Crippen molar-refractivity contribution in [3.8, 4) is 5.75 Å². The quantitative estimate of drug-likeness (QED) is 0.735. The van der Waals surface area contributed by atoms with Gasteiger partial charge in [0, 0.05) is 7.11 Å². The van der Waals surface area contributed by atoms with Crippen molar-refractivity contribution >= 4 is 0 Å². The summed E-state index contributed by atoms with van der Waals surface area (Å²) in [6, 6.07) is 6.23. The van der Waals surface area contributed by atoms with Crippen LogP contribution in [0.4, 0.5) is 0 Å². The summed E-state index contributed by atoms with van der Waals surface area (Å²) < 4.78 is 10.9. The predicted octanol–water partition coefficient (Wildman–Crippen LogP) is 3.03. The first-order valence-electron chi connectivity index (χ1n) is 5.88. The zero-order valence-corrected chi connectivity index (χ0v) is 11.7. The lowest BCUT2D eigenvalue weighted by atomic mass is 9.99. The first kappa shape index (κ1) is 14.0. The van der Waals surface area contributed by atoms with Crippen LogP contribution in [0.15, 0.2) is 18.2 Å². The Morgan fingerprint density at radius 1 is 1.12 bits per heavy atom. The molecule has 1 unspecified atom stereocenters. The smallest absolute Gasteiger partial charge is 0.135 e. The van der Waals surface area contributed by atoms with Gasteiger partial charge in [0.2, 0.25) is 0 Å². The van der Waals surface area contributed by atoms with Crippen molar-refractivity contribution in [3.63, 3.8) is 0 Å². The molecule has 1 aromatic rings. The van der Waals surface area contributed by atoms with Crippen LogP contribution in [0.2, 0.25) is 0 Å². The molecule has 0 N–H and O–H groups in total. The lowest BCUT2D eigenvalue weighted by molar-refractivity contribution is -0.00549. The molecule has 0 spiro atoms. The van der Waals surface area contributed by atoms with E-state index in [1.807, 2.05) is 25.1 Å². The maximum atomic E-state index is 5.49. The number of ether oxygens (including phenoxy) is 2. The Balaban J connectivity index is 3.15. The number of nitrogens with zero attached hydrogens (tertiary/aromatic N) is 1. The monoisotopic (exact) mass is 237 g/mol. The summed E-state index contributed by atoms with van der Waals surface area (Å²) in [4.78, 5) is 2.05. The van der Waals surface area contributed by atoms with E-state index in [0.29, 0.717) is 5.92 Å². The van der Waals surface area contributed by atoms with Gasteiger partial charge in [0.25, 0.3) is 0 Å². The van der Waals surface area contributed by atoms with Crippen molar-refractivity contribution in [2.75, 3.05) is 28.3 Å². The third kappa shape index (κ3) is 3.20. The fraction of sp³-hybridized carbons (Fsp3) is 0.571. The highest BCUT2D eigenvalue weighted by molar-refractivity contribution is 5.40. The van der Waals surface area contributed by atoms with Gasteiger partial charge >= 0.3 is 0 Å². The Morgan fingerprint density at radius 2 is 1.76 bits per heavy atom. The van der Waals surface area contributed by atoms with E-state index < -0.39 is 0 Å². The Hall–Kier alpha value is -1.06. The van der Waals surface area contributed by atoms with Crippen molar-refractivity contribution in [3.05, 3.63) is 29.3 Å². The van der Waals surface area contributed by atoms with Gasteiger partial charge in [-0.1, -0.05) is 19.9 Å². The van der Waals surface area contributed by atoms with Crippen LogP contribution in [-0.2, 0) is 4.74 Å². The summed E-state index contributed by atoms with van der Waals surface area (Å²) in [5, 5.41) is 0. The first-order valence-corrected chi connectivity index (χ1v) is 5.88. The van der Waals surface area contributed by atoms with Crippen LogP contribution >= 0.6 is 0 Å². The van der Waals surface area contributed by atoms with E-state index in [2.05, 4.69) is 26.0 Å². The van der Waals surface area contributed by atoms with Crippen LogP contribution in [-0.4, -0.2) is 33.2 Å². The molecule has 0 aliphatic heterocycles. The topological polar surface area (TPSA) is 21.7 Å². The Morgan fingerprint density at radius 3 is 2.18 bits per heavy atom. The van der Waals surface area contributed by atoms with Crippen LogP contribution in [0.3, 0.4) is 0 Å². The van der Waals surface area contributed by atoms with Crippen molar-refractivity contribution in [2.45, 2.75) is 26.0 Å². The van der Waals surface area contributed by atoms with Gasteiger partial charge in [-0.15, -0.1) is 0 Å². The van der Waals surface area contributed by atoms with Crippen LogP contribution in [0.5, 0.6) is 5.75 Å². The maximum Gasteiger partial charge on any atom is 0.135 e. The predicted molar refractivity (Wildman–Crippen MR) is 70.5 cm³/mol. The van der Waals surface area contributed by atoms with Crippen molar-refractivity contribution in [2.24, 2.45) is 0 Å². The summed E-state index contributed by atoms with van der Waals surface area (Å²) in [6.45, 7) is 4.33. The van der Waals surface area contributed by atoms with E-state index >= 15 is 0 Å². The molecule has 0 bridgehead atoms. The van der Waals surface area contributed by atoms with Crippen LogP contribution in [0.1, 0.15) is 37.1 Å². The second-order valence-electron chi connectivity index (χ2n) is 4.71. The summed E-state index contributed by atoms with van der Waals surface area (Å²) >= 11 is 0. The van der Waals surface area contributed by atoms with E-state index in [9.17, 15) is 0 Å². The van der Waals surface area contributed by atoms with Gasteiger partial charge in [0.15, 0.2) is 0 Å². The number of benzene rings is 1. The molecular weight excluding hydrogens is 214 g/mol. The first-order chi connectivity index (χ1) is 8.01. The molecule has 17 heavy (non-hydrogen) atoms. The molecule has 96 valence electrons. The van der Waals surface area contributed by atoms with Crippen molar-refractivity contribution in [1.82, 2.24) is 4.90 Å². The summed E-state index contributed by atoms with van der Waals surface area (Å²) in [6.07, 6.45) is -0.0154. The highest BCUT2D eigenvalue weighted by atomic mass is 16.5. The Labute approximate surface area is 104 Å². The second-order valence-corrected chi connectivity index (χ2v) is 4.71. The Bertz CT molecular complexity index is 361. The average Bonchev–Trinajstić information content (AvgIpc) is 2.29. The van der Waals surface area contributed by atoms with Gasteiger partial charge in [-0.05, 0) is 43.3 Å². The minimum Gasteiger partial charge on any atom is -0.496 e. The molecule has 0 aliphatic carbocycles. The average molecular weight is 237 g/mol. The zero-order chi connectivity index (χ0) is 13.0. The molecule has 1 rings (SSSR count). The zero-order valence-electron chi connectivity index (χ0n) is 11.7. The normalized spacial score (nSPS) is 13.2. The molecule has 0 aliphatic rings. The number of rotatable bonds is 5. The Kier molecular flexibility index (Phi) is 4.97. The van der Waals surface area contributed by atoms with Crippen LogP contribution in [0, 0.1) is 0 Å². The number of hydrogen-bond acceptors (Lipinski definition) is 3. The lowest BCUT2D eigenvalue weighted by Crippen LogP contribution is -2.21. The molecule has 3 nitrogen and oxygen atoms in total. The van der Waals surface area contributed by atoms with Crippen LogP contribution in [0.25, 0.3) is 0 Å². The molecule has 1 atom stereocenters. The molecule has 0 heterocycles. The molecule has 0 saturated carbocycles. The third-order valence-corrected chi connectivity index (χ3v) is 2.85. The highest BCUT2D eigenvalue weighted by Gasteiger charge is 2.16. The minimum absolute atomic E-state index is 0.0154. The van der Waals surface area contributed by atoms with Crippen molar-refractivity contribution < 1.29 is 9.47 Å². The minimum atomic E-state index is -0.0154. The molecular formula is C14H23NO2. The number of methoxy groups -OCH3 is 2. The SMILES string of the molecule is COc1ccc(C(OC)N(C)C)cc1C(C)C. The molecule has 0 fully saturated rings. The largest absolute Gasteiger partial charge is 0.496 e. The third-order valence-electron chi connectivity index (χ3n) is 2.85. The fourth-order valence-corrected chi connectivity index (χ4v) is 2.00. The van der Waals surface area contributed by atoms with Gasteiger partial charge in [0.05, 0.1) is 7.11 Å². The summed E-state index contributed by atoms with van der Waals surface area (Å²) in [5.41, 5.74) is 2.37. The number of hydrogen-bond donors (Lipinski definition) is 0. The van der Waals surface area contributed by atoms with E-state index in [-0.39, 0.29) is 6.23 Å². The molecule has 1 aromatic carbocycles. The lowest BCUT2D eigenvalue weighted by Gasteiger charge is -2.24. The summed E-state index contributed by atoms with van der Waals surface area (Å²) in [5.74, 6) is 1.38. The second kappa shape index (κ2) is 6.03. The standard InChI is InChI=1S/C14H23NO2/c1-10(2)12-9-11(7-8-13(12)16-5)14(17-6)15(3)4/h7-10,14H,1-6H3. The van der Waals surface area contributed by atoms with E-state index in [4.69, 9.17) is 9.47 Å². The molecule has 0 radical (unpaired) electrons. The molecule has 3 heteroatoms. The maximum absolute atomic E-state index is 5.49. The summed E-state index contributed by atoms with van der Waals surface area (Å²) in [7, 11) is 7.45. The van der Waals surface area contributed by atoms with Crippen LogP contribution < -0.4 is 4.74 Å². The van der Waals surface area contributed by atoms with Gasteiger partial charge in [-0.25, -0.2) is 0 Å². The van der Waals surface area contributed by atoms with Gasteiger partial charge in [-0.2, -0.15) is 0 Å². The molecule has 0 aromatic heterocycles. The van der Waals surface area contributed by atoms with E-state index in [1.54, 1.807) is 14.2 Å². The van der Waals surface area contributed by atoms with Crippen molar-refractivity contribution in [1.29, 1.82) is 0 Å². The highest BCUT2D eigenvalue weighted by Crippen LogP contribution is 2.30. The van der Waals surface area contributed by atoms with Gasteiger partial charge < -0.3 is 9.47 Å². The molecule has 0 amide bonds. The van der Waals surface area contributed by atoms with Gasteiger partial charge in [-0.3, -0.25) is 4.90 Å². The fourth-order valence-electron chi connectivity index (χ4n) is 2.00.